The molecule has 0 saturated heterocycles. The molecule has 1 aliphatic carbocycles. The van der Waals surface area contributed by atoms with Crippen LogP contribution in [0.25, 0.3) is 0 Å². The molecule has 0 saturated carbocycles. The minimum absolute atomic E-state index is 0.111. The van der Waals surface area contributed by atoms with Crippen LogP contribution in [0.3, 0.4) is 0 Å². The number of rotatable bonds is 4. The van der Waals surface area contributed by atoms with Crippen molar-refractivity contribution < 1.29 is 9.59 Å². The molecule has 5 heteroatoms. The molecule has 1 atom stereocenters. The van der Waals surface area contributed by atoms with Crippen LogP contribution in [0.1, 0.15) is 12.8 Å². The zero-order valence-electron chi connectivity index (χ0n) is 10.3. The maximum atomic E-state index is 12.0. The van der Waals surface area contributed by atoms with Gasteiger partial charge in [0.05, 0.1) is 6.54 Å². The summed E-state index contributed by atoms with van der Waals surface area (Å²) < 4.78 is 0. The summed E-state index contributed by atoms with van der Waals surface area (Å²) in [7, 11) is 3.34. The molecule has 0 aliphatic heterocycles. The first kappa shape index (κ1) is 13.4. The van der Waals surface area contributed by atoms with Gasteiger partial charge in [-0.15, -0.1) is 0 Å². The third kappa shape index (κ3) is 3.71. The average Bonchev–Trinajstić information content (AvgIpc) is 2.35. The van der Waals surface area contributed by atoms with E-state index in [1.54, 1.807) is 14.1 Å². The molecular formula is C12H19N3O2. The van der Waals surface area contributed by atoms with Crippen molar-refractivity contribution in [2.24, 2.45) is 5.73 Å². The van der Waals surface area contributed by atoms with Crippen molar-refractivity contribution in [3.63, 3.8) is 0 Å². The van der Waals surface area contributed by atoms with E-state index in [4.69, 9.17) is 5.73 Å². The zero-order valence-corrected chi connectivity index (χ0v) is 10.3. The number of hydrogen-bond acceptors (Lipinski definition) is 3. The molecule has 1 unspecified atom stereocenters. The summed E-state index contributed by atoms with van der Waals surface area (Å²) in [5.41, 5.74) is 6.18. The lowest BCUT2D eigenvalue weighted by Gasteiger charge is -2.24. The zero-order chi connectivity index (χ0) is 12.8. The van der Waals surface area contributed by atoms with E-state index in [1.165, 1.54) is 4.90 Å². The van der Waals surface area contributed by atoms with Gasteiger partial charge in [-0.05, 0) is 18.4 Å². The fraction of sp³-hybridized carbons (Fsp3) is 0.500. The highest BCUT2D eigenvalue weighted by atomic mass is 16.2. The van der Waals surface area contributed by atoms with E-state index in [-0.39, 0.29) is 18.4 Å². The molecule has 0 radical (unpaired) electrons. The highest BCUT2D eigenvalue weighted by Crippen LogP contribution is 2.16. The quantitative estimate of drug-likeness (QED) is 0.710. The third-order valence-corrected chi connectivity index (χ3v) is 2.60. The maximum absolute atomic E-state index is 12.0. The van der Waals surface area contributed by atoms with Gasteiger partial charge in [-0.2, -0.15) is 0 Å². The number of nitrogens with one attached hydrogen (secondary N) is 1. The molecule has 0 aromatic carbocycles. The summed E-state index contributed by atoms with van der Waals surface area (Å²) in [5, 5.41) is 2.66. The summed E-state index contributed by atoms with van der Waals surface area (Å²) >= 11 is 0. The van der Waals surface area contributed by atoms with Gasteiger partial charge in [-0.25, -0.2) is 0 Å². The van der Waals surface area contributed by atoms with Crippen molar-refractivity contribution in [3.05, 3.63) is 23.8 Å². The van der Waals surface area contributed by atoms with Crippen LogP contribution in [-0.4, -0.2) is 43.4 Å². The van der Waals surface area contributed by atoms with E-state index < -0.39 is 6.04 Å². The molecule has 0 fully saturated rings. The lowest BCUT2D eigenvalue weighted by atomic mass is 9.97. The molecule has 0 aromatic rings. The molecule has 5 nitrogen and oxygen atoms in total. The molecule has 17 heavy (non-hydrogen) atoms. The Hall–Kier alpha value is -1.62. The number of likely N-dealkylation sites (N-methyl/N-ethyl adjacent to an activating group) is 1. The smallest absolute Gasteiger partial charge is 0.248 e. The van der Waals surface area contributed by atoms with Gasteiger partial charge < -0.3 is 16.0 Å². The molecule has 0 bridgehead atoms. The van der Waals surface area contributed by atoms with Crippen LogP contribution in [0.5, 0.6) is 0 Å². The molecule has 0 aromatic heterocycles. The second-order valence-corrected chi connectivity index (χ2v) is 4.15. The molecule has 0 spiro atoms. The van der Waals surface area contributed by atoms with E-state index in [2.05, 4.69) is 5.32 Å². The first-order valence-corrected chi connectivity index (χ1v) is 5.62. The van der Waals surface area contributed by atoms with Gasteiger partial charge in [0.15, 0.2) is 0 Å². The summed E-state index contributed by atoms with van der Waals surface area (Å²) in [4.78, 5) is 24.8. The van der Waals surface area contributed by atoms with Crippen LogP contribution >= 0.6 is 0 Å². The maximum Gasteiger partial charge on any atom is 0.248 e. The number of nitrogens with two attached hydrogens (primary N) is 1. The predicted octanol–water partition coefficient (Wildman–Crippen LogP) is -0.205. The standard InChI is InChI=1S/C12H19N3O2/c1-15(2)12(17)11(14-10(16)8-13)9-6-4-3-5-7-9/h3-4,6,11H,5,7-8,13H2,1-2H3,(H,14,16). The third-order valence-electron chi connectivity index (χ3n) is 2.60. The number of carbonyl (C=O) groups excluding carboxylic acids is 2. The Morgan fingerprint density at radius 3 is 2.71 bits per heavy atom. The lowest BCUT2D eigenvalue weighted by molar-refractivity contribution is -0.133. The van der Waals surface area contributed by atoms with E-state index in [0.717, 1.165) is 18.4 Å². The van der Waals surface area contributed by atoms with Crippen molar-refractivity contribution in [2.45, 2.75) is 18.9 Å². The number of nitrogens with zero attached hydrogens (tertiary/aromatic N) is 1. The SMILES string of the molecule is CN(C)C(=O)C(NC(=O)CN)C1=CC=CCC1. The van der Waals surface area contributed by atoms with Gasteiger partial charge in [0, 0.05) is 14.1 Å². The van der Waals surface area contributed by atoms with E-state index in [9.17, 15) is 9.59 Å². The second kappa shape index (κ2) is 6.20. The predicted molar refractivity (Wildman–Crippen MR) is 66.1 cm³/mol. The number of allylic oxidation sites excluding steroid dienone is 3. The van der Waals surface area contributed by atoms with Gasteiger partial charge in [0.25, 0.3) is 0 Å². The van der Waals surface area contributed by atoms with Gasteiger partial charge in [-0.1, -0.05) is 18.2 Å². The Morgan fingerprint density at radius 2 is 2.24 bits per heavy atom. The van der Waals surface area contributed by atoms with Crippen LogP contribution in [-0.2, 0) is 9.59 Å². The monoisotopic (exact) mass is 237 g/mol. The molecule has 2 amide bonds. The lowest BCUT2D eigenvalue weighted by Crippen LogP contribution is -2.49. The molecule has 1 rings (SSSR count). The van der Waals surface area contributed by atoms with Crippen LogP contribution < -0.4 is 11.1 Å². The van der Waals surface area contributed by atoms with E-state index in [0.29, 0.717) is 0 Å². The Bertz CT molecular complexity index is 359. The minimum Gasteiger partial charge on any atom is -0.347 e. The van der Waals surface area contributed by atoms with E-state index >= 15 is 0 Å². The average molecular weight is 237 g/mol. The van der Waals surface area contributed by atoms with Gasteiger partial charge >= 0.3 is 0 Å². The number of hydrogen-bond donors (Lipinski definition) is 2. The van der Waals surface area contributed by atoms with Crippen LogP contribution in [0.2, 0.25) is 0 Å². The Balaban J connectivity index is 2.85. The fourth-order valence-corrected chi connectivity index (χ4v) is 1.65. The summed E-state index contributed by atoms with van der Waals surface area (Å²) in [6, 6.07) is -0.592. The molecule has 1 aliphatic rings. The summed E-state index contributed by atoms with van der Waals surface area (Å²) in [6.45, 7) is -0.111. The van der Waals surface area contributed by atoms with Crippen LogP contribution in [0, 0.1) is 0 Å². The first-order valence-electron chi connectivity index (χ1n) is 5.62. The molecule has 94 valence electrons. The summed E-state index contributed by atoms with van der Waals surface area (Å²) in [5.74, 6) is -0.450. The largest absolute Gasteiger partial charge is 0.347 e. The fourth-order valence-electron chi connectivity index (χ4n) is 1.65. The molecular weight excluding hydrogens is 218 g/mol. The number of carbonyl (C=O) groups is 2. The highest BCUT2D eigenvalue weighted by molar-refractivity contribution is 5.90. The van der Waals surface area contributed by atoms with Crippen molar-refractivity contribution >= 4 is 11.8 Å². The van der Waals surface area contributed by atoms with Crippen molar-refractivity contribution in [2.75, 3.05) is 20.6 Å². The Labute approximate surface area is 101 Å². The molecule has 0 heterocycles. The normalized spacial score (nSPS) is 16.1. The van der Waals surface area contributed by atoms with Crippen LogP contribution in [0.15, 0.2) is 23.8 Å². The number of amides is 2. The topological polar surface area (TPSA) is 75.4 Å². The van der Waals surface area contributed by atoms with Crippen molar-refractivity contribution in [1.29, 1.82) is 0 Å². The van der Waals surface area contributed by atoms with E-state index in [1.807, 2.05) is 18.2 Å². The van der Waals surface area contributed by atoms with Gasteiger partial charge in [0.1, 0.15) is 6.04 Å². The summed E-state index contributed by atoms with van der Waals surface area (Å²) in [6.07, 6.45) is 7.49. The Morgan fingerprint density at radius 1 is 1.53 bits per heavy atom. The van der Waals surface area contributed by atoms with Crippen molar-refractivity contribution in [3.8, 4) is 0 Å². The minimum atomic E-state index is -0.592. The van der Waals surface area contributed by atoms with Gasteiger partial charge in [0.2, 0.25) is 11.8 Å². The van der Waals surface area contributed by atoms with Gasteiger partial charge in [-0.3, -0.25) is 9.59 Å². The highest BCUT2D eigenvalue weighted by Gasteiger charge is 2.25. The van der Waals surface area contributed by atoms with Crippen molar-refractivity contribution in [1.82, 2.24) is 10.2 Å². The molecule has 3 N–H and O–H groups in total. The first-order chi connectivity index (χ1) is 8.06. The Kier molecular flexibility index (Phi) is 4.90. The van der Waals surface area contributed by atoms with Crippen LogP contribution in [0.4, 0.5) is 0 Å². The second-order valence-electron chi connectivity index (χ2n) is 4.15.